The summed E-state index contributed by atoms with van der Waals surface area (Å²) >= 11 is 0. The molecule has 0 aromatic heterocycles. The molecule has 1 atom stereocenters. The van der Waals surface area contributed by atoms with Crippen molar-refractivity contribution in [1.82, 2.24) is 10.2 Å². The van der Waals surface area contributed by atoms with Gasteiger partial charge in [-0.25, -0.2) is 4.57 Å². The molecule has 4 rings (SSSR count). The van der Waals surface area contributed by atoms with Crippen molar-refractivity contribution >= 4 is 19.6 Å². The number of benzene rings is 3. The van der Waals surface area contributed by atoms with Gasteiger partial charge in [0.2, 0.25) is 5.91 Å². The van der Waals surface area contributed by atoms with Crippen LogP contribution in [-0.4, -0.2) is 39.1 Å². The fourth-order valence-electron chi connectivity index (χ4n) is 4.21. The highest BCUT2D eigenvalue weighted by molar-refractivity contribution is 7.46. The Kier molecular flexibility index (Phi) is 7.89. The highest BCUT2D eigenvalue weighted by Crippen LogP contribution is 2.37. The first-order chi connectivity index (χ1) is 17.2. The maximum absolute atomic E-state index is 13.3. The smallest absolute Gasteiger partial charge is 0.404 e. The molecule has 0 spiro atoms. The zero-order chi connectivity index (χ0) is 25.7. The number of carbonyl (C=O) groups is 2. The Morgan fingerprint density at radius 2 is 1.58 bits per heavy atom. The van der Waals surface area contributed by atoms with Crippen molar-refractivity contribution in [2.75, 3.05) is 6.54 Å². The fourth-order valence-corrected chi connectivity index (χ4v) is 4.61. The molecule has 36 heavy (non-hydrogen) atoms. The minimum Gasteiger partial charge on any atom is -0.404 e. The summed E-state index contributed by atoms with van der Waals surface area (Å²) in [4.78, 5) is 45.6. The molecule has 0 aliphatic carbocycles. The van der Waals surface area contributed by atoms with Gasteiger partial charge < -0.3 is 14.7 Å². The number of hydrogen-bond acceptors (Lipinski definition) is 4. The lowest BCUT2D eigenvalue weighted by molar-refractivity contribution is -0.133. The van der Waals surface area contributed by atoms with Crippen molar-refractivity contribution in [3.63, 3.8) is 0 Å². The van der Waals surface area contributed by atoms with Gasteiger partial charge in [0.15, 0.2) is 0 Å². The summed E-state index contributed by atoms with van der Waals surface area (Å²) in [5, 5.41) is 2.82. The Bertz CT molecular complexity index is 1250. The van der Waals surface area contributed by atoms with Crippen molar-refractivity contribution in [2.24, 2.45) is 0 Å². The van der Waals surface area contributed by atoms with Gasteiger partial charge in [0.25, 0.3) is 5.91 Å². The summed E-state index contributed by atoms with van der Waals surface area (Å²) in [6.07, 6.45) is 2.22. The van der Waals surface area contributed by atoms with Crippen molar-refractivity contribution in [3.8, 4) is 16.9 Å². The summed E-state index contributed by atoms with van der Waals surface area (Å²) in [6, 6.07) is 21.3. The van der Waals surface area contributed by atoms with Gasteiger partial charge >= 0.3 is 7.82 Å². The monoisotopic (exact) mass is 508 g/mol. The minimum atomic E-state index is -4.68. The second-order valence-electron chi connectivity index (χ2n) is 8.95. The molecule has 8 nitrogen and oxygen atoms in total. The van der Waals surface area contributed by atoms with Crippen LogP contribution in [0.5, 0.6) is 5.75 Å². The van der Waals surface area contributed by atoms with E-state index in [0.717, 1.165) is 29.5 Å². The molecule has 188 valence electrons. The second kappa shape index (κ2) is 11.1. The Balaban J connectivity index is 1.39. The lowest BCUT2D eigenvalue weighted by Gasteiger charge is -2.25. The minimum absolute atomic E-state index is 0.0509. The second-order valence-corrected chi connectivity index (χ2v) is 10.1. The molecule has 1 saturated heterocycles. The molecular weight excluding hydrogens is 479 g/mol. The summed E-state index contributed by atoms with van der Waals surface area (Å²) in [6.45, 7) is 3.15. The van der Waals surface area contributed by atoms with E-state index < -0.39 is 19.8 Å². The average molecular weight is 509 g/mol. The summed E-state index contributed by atoms with van der Waals surface area (Å²) in [7, 11) is -4.68. The standard InChI is InChI=1S/C27H29N2O6P/c1-19-5-9-21(10-6-19)22-11-7-20(8-12-22)18-29-17-3-2-4-25(27(29)31)28-26(30)23-13-15-24(16-14-23)35-36(32,33)34/h5-16,25H,2-4,17-18H2,1H3,(H,28,30)(H2,32,33,34)/t25-/m0/s1. The van der Waals surface area contributed by atoms with Crippen LogP contribution >= 0.6 is 7.82 Å². The third kappa shape index (κ3) is 6.82. The van der Waals surface area contributed by atoms with E-state index in [0.29, 0.717) is 19.5 Å². The number of nitrogens with zero attached hydrogens (tertiary/aromatic N) is 1. The van der Waals surface area contributed by atoms with Gasteiger partial charge in [-0.1, -0.05) is 54.1 Å². The lowest BCUT2D eigenvalue weighted by atomic mass is 10.0. The summed E-state index contributed by atoms with van der Waals surface area (Å²) in [5.41, 5.74) is 4.75. The van der Waals surface area contributed by atoms with Crippen molar-refractivity contribution in [3.05, 3.63) is 89.5 Å². The van der Waals surface area contributed by atoms with Crippen LogP contribution in [0.1, 0.15) is 40.7 Å². The van der Waals surface area contributed by atoms with Gasteiger partial charge in [0, 0.05) is 18.7 Å². The third-order valence-electron chi connectivity index (χ3n) is 6.14. The first-order valence-electron chi connectivity index (χ1n) is 11.8. The van der Waals surface area contributed by atoms with Gasteiger partial charge in [0.1, 0.15) is 11.8 Å². The maximum atomic E-state index is 13.3. The maximum Gasteiger partial charge on any atom is 0.524 e. The lowest BCUT2D eigenvalue weighted by Crippen LogP contribution is -2.47. The predicted octanol–water partition coefficient (Wildman–Crippen LogP) is 4.44. The molecule has 1 aliphatic rings. The van der Waals surface area contributed by atoms with E-state index >= 15 is 0 Å². The third-order valence-corrected chi connectivity index (χ3v) is 6.59. The Morgan fingerprint density at radius 3 is 2.19 bits per heavy atom. The van der Waals surface area contributed by atoms with Crippen molar-refractivity contribution in [1.29, 1.82) is 0 Å². The highest BCUT2D eigenvalue weighted by atomic mass is 31.2. The highest BCUT2D eigenvalue weighted by Gasteiger charge is 2.28. The number of aryl methyl sites for hydroxylation is 1. The number of amides is 2. The molecule has 0 saturated carbocycles. The Morgan fingerprint density at radius 1 is 0.972 bits per heavy atom. The molecule has 1 heterocycles. The van der Waals surface area contributed by atoms with Gasteiger partial charge in [-0.2, -0.15) is 0 Å². The molecule has 3 aromatic carbocycles. The van der Waals surface area contributed by atoms with Gasteiger partial charge in [0.05, 0.1) is 0 Å². The molecule has 1 fully saturated rings. The number of phosphoric ester groups is 1. The summed E-state index contributed by atoms with van der Waals surface area (Å²) in [5.74, 6) is -0.602. The number of likely N-dealkylation sites (tertiary alicyclic amines) is 1. The molecule has 3 N–H and O–H groups in total. The zero-order valence-corrected chi connectivity index (χ0v) is 20.9. The van der Waals surface area contributed by atoms with Crippen LogP contribution in [0.15, 0.2) is 72.8 Å². The van der Waals surface area contributed by atoms with E-state index in [2.05, 4.69) is 53.2 Å². The molecular formula is C27H29N2O6P. The number of rotatable bonds is 7. The quantitative estimate of drug-likeness (QED) is 0.406. The molecule has 0 unspecified atom stereocenters. The first-order valence-corrected chi connectivity index (χ1v) is 13.3. The van der Waals surface area contributed by atoms with E-state index in [1.165, 1.54) is 29.8 Å². The van der Waals surface area contributed by atoms with Crippen LogP contribution in [0.3, 0.4) is 0 Å². The van der Waals surface area contributed by atoms with Crippen LogP contribution < -0.4 is 9.84 Å². The van der Waals surface area contributed by atoms with Gasteiger partial charge in [-0.3, -0.25) is 19.4 Å². The Hall–Kier alpha value is -3.45. The molecule has 3 aromatic rings. The molecule has 0 radical (unpaired) electrons. The zero-order valence-electron chi connectivity index (χ0n) is 20.0. The van der Waals surface area contributed by atoms with Crippen LogP contribution in [0.25, 0.3) is 11.1 Å². The molecule has 2 amide bonds. The van der Waals surface area contributed by atoms with Gasteiger partial charge in [-0.05, 0) is 67.1 Å². The van der Waals surface area contributed by atoms with Gasteiger partial charge in [-0.15, -0.1) is 0 Å². The molecule has 0 bridgehead atoms. The molecule has 9 heteroatoms. The number of phosphoric acid groups is 1. The van der Waals surface area contributed by atoms with Crippen molar-refractivity contribution < 1.29 is 28.5 Å². The van der Waals surface area contributed by atoms with Crippen LogP contribution in [0.4, 0.5) is 0 Å². The number of carbonyl (C=O) groups excluding carboxylic acids is 2. The normalized spacial score (nSPS) is 16.4. The summed E-state index contributed by atoms with van der Waals surface area (Å²) < 4.78 is 15.5. The molecule has 1 aliphatic heterocycles. The topological polar surface area (TPSA) is 116 Å². The first kappa shape index (κ1) is 25.6. The van der Waals surface area contributed by atoms with Crippen LogP contribution in [0, 0.1) is 6.92 Å². The van der Waals surface area contributed by atoms with E-state index in [-0.39, 0.29) is 17.2 Å². The van der Waals surface area contributed by atoms with Crippen molar-refractivity contribution in [2.45, 2.75) is 38.8 Å². The predicted molar refractivity (Wildman–Crippen MR) is 136 cm³/mol. The van der Waals surface area contributed by atoms with E-state index in [4.69, 9.17) is 9.79 Å². The SMILES string of the molecule is Cc1ccc(-c2ccc(CN3CCCC[C@H](NC(=O)c4ccc(OP(=O)(O)O)cc4)C3=O)cc2)cc1. The fraction of sp³-hybridized carbons (Fsp3) is 0.259. The van der Waals surface area contributed by atoms with E-state index in [9.17, 15) is 14.2 Å². The average Bonchev–Trinajstić information content (AvgIpc) is 3.01. The Labute approximate surface area is 210 Å². The number of nitrogens with one attached hydrogen (secondary N) is 1. The van der Waals surface area contributed by atoms with Crippen LogP contribution in [-0.2, 0) is 15.9 Å². The van der Waals surface area contributed by atoms with Crippen LogP contribution in [0.2, 0.25) is 0 Å². The van der Waals surface area contributed by atoms with E-state index in [1.54, 1.807) is 4.90 Å². The largest absolute Gasteiger partial charge is 0.524 e. The van der Waals surface area contributed by atoms with E-state index in [1.807, 2.05) is 12.1 Å². The number of hydrogen-bond donors (Lipinski definition) is 3.